The molecule has 8 heteroatoms. The van der Waals surface area contributed by atoms with Gasteiger partial charge in [0.15, 0.2) is 0 Å². The van der Waals surface area contributed by atoms with Crippen LogP contribution >= 0.6 is 0 Å². The number of hydrogen-bond acceptors (Lipinski definition) is 6. The quantitative estimate of drug-likeness (QED) is 0.566. The van der Waals surface area contributed by atoms with Crippen LogP contribution in [0, 0.1) is 0 Å². The zero-order valence-electron chi connectivity index (χ0n) is 15.9. The standard InChI is InChI=1S/C21H18N6O2/c1-27-13-18(20(26-27)16-6-3-4-11-22-16)25-21(28)17-8-5-7-15(24-17)14-9-10-19(29-2)23-12-14/h3-13H,1-2H3,(H,25,28). The highest BCUT2D eigenvalue weighted by Gasteiger charge is 2.16. The van der Waals surface area contributed by atoms with Gasteiger partial charge in [0.05, 0.1) is 24.2 Å². The van der Waals surface area contributed by atoms with Crippen molar-refractivity contribution in [2.45, 2.75) is 0 Å². The SMILES string of the molecule is COc1ccc(-c2cccc(C(=O)Nc3cn(C)nc3-c3ccccn3)n2)cn1. The number of ether oxygens (including phenoxy) is 1. The normalized spacial score (nSPS) is 10.6. The van der Waals surface area contributed by atoms with Crippen molar-refractivity contribution in [1.82, 2.24) is 24.7 Å². The number of rotatable bonds is 5. The van der Waals surface area contributed by atoms with Gasteiger partial charge in [-0.05, 0) is 30.3 Å². The number of nitrogens with one attached hydrogen (secondary N) is 1. The van der Waals surface area contributed by atoms with E-state index in [1.54, 1.807) is 55.6 Å². The molecular weight excluding hydrogens is 368 g/mol. The third-order valence-corrected chi connectivity index (χ3v) is 4.21. The lowest BCUT2D eigenvalue weighted by Crippen LogP contribution is -2.14. The molecule has 8 nitrogen and oxygen atoms in total. The number of aryl methyl sites for hydroxylation is 1. The van der Waals surface area contributed by atoms with Crippen LogP contribution in [-0.4, -0.2) is 37.7 Å². The molecule has 0 aliphatic rings. The van der Waals surface area contributed by atoms with Crippen LogP contribution < -0.4 is 10.1 Å². The molecule has 4 heterocycles. The van der Waals surface area contributed by atoms with E-state index >= 15 is 0 Å². The number of nitrogens with zero attached hydrogens (tertiary/aromatic N) is 5. The summed E-state index contributed by atoms with van der Waals surface area (Å²) in [5.74, 6) is 0.180. The van der Waals surface area contributed by atoms with E-state index in [9.17, 15) is 4.79 Å². The summed E-state index contributed by atoms with van der Waals surface area (Å²) in [6, 6.07) is 14.4. The van der Waals surface area contributed by atoms with Crippen LogP contribution in [0.25, 0.3) is 22.6 Å². The Kier molecular flexibility index (Phi) is 4.98. The molecule has 1 amide bonds. The summed E-state index contributed by atoms with van der Waals surface area (Å²) in [6.07, 6.45) is 5.08. The Morgan fingerprint density at radius 2 is 1.90 bits per heavy atom. The van der Waals surface area contributed by atoms with Crippen molar-refractivity contribution < 1.29 is 9.53 Å². The molecule has 144 valence electrons. The first-order chi connectivity index (χ1) is 14.1. The van der Waals surface area contributed by atoms with E-state index in [-0.39, 0.29) is 11.6 Å². The summed E-state index contributed by atoms with van der Waals surface area (Å²) in [7, 11) is 3.35. The van der Waals surface area contributed by atoms with Gasteiger partial charge in [-0.2, -0.15) is 5.10 Å². The summed E-state index contributed by atoms with van der Waals surface area (Å²) in [6.45, 7) is 0. The van der Waals surface area contributed by atoms with Gasteiger partial charge in [0.2, 0.25) is 5.88 Å². The van der Waals surface area contributed by atoms with Gasteiger partial charge in [0.25, 0.3) is 5.91 Å². The fourth-order valence-corrected chi connectivity index (χ4v) is 2.83. The lowest BCUT2D eigenvalue weighted by atomic mass is 10.1. The van der Waals surface area contributed by atoms with E-state index in [4.69, 9.17) is 4.74 Å². The number of anilines is 1. The lowest BCUT2D eigenvalue weighted by Gasteiger charge is -2.07. The van der Waals surface area contributed by atoms with Gasteiger partial charge < -0.3 is 10.1 Å². The molecule has 0 spiro atoms. The monoisotopic (exact) mass is 386 g/mol. The molecule has 0 fully saturated rings. The molecule has 0 bridgehead atoms. The van der Waals surface area contributed by atoms with Gasteiger partial charge in [-0.25, -0.2) is 9.97 Å². The Balaban J connectivity index is 1.60. The predicted octanol–water partition coefficient (Wildman–Crippen LogP) is 3.20. The zero-order chi connectivity index (χ0) is 20.2. The minimum Gasteiger partial charge on any atom is -0.481 e. The number of hydrogen-bond donors (Lipinski definition) is 1. The summed E-state index contributed by atoms with van der Waals surface area (Å²) >= 11 is 0. The Hall–Kier alpha value is -4.07. The maximum Gasteiger partial charge on any atom is 0.274 e. The second-order valence-corrected chi connectivity index (χ2v) is 6.23. The Morgan fingerprint density at radius 1 is 1.03 bits per heavy atom. The fraction of sp³-hybridized carbons (Fsp3) is 0.0952. The lowest BCUT2D eigenvalue weighted by molar-refractivity contribution is 0.102. The van der Waals surface area contributed by atoms with Gasteiger partial charge in [-0.3, -0.25) is 14.5 Å². The largest absolute Gasteiger partial charge is 0.481 e. The second-order valence-electron chi connectivity index (χ2n) is 6.23. The molecule has 0 aliphatic heterocycles. The van der Waals surface area contributed by atoms with Crippen LogP contribution in [0.5, 0.6) is 5.88 Å². The van der Waals surface area contributed by atoms with Crippen LogP contribution in [0.2, 0.25) is 0 Å². The van der Waals surface area contributed by atoms with E-state index in [0.29, 0.717) is 28.6 Å². The van der Waals surface area contributed by atoms with Gasteiger partial charge in [-0.15, -0.1) is 0 Å². The molecule has 0 saturated carbocycles. The molecule has 29 heavy (non-hydrogen) atoms. The summed E-state index contributed by atoms with van der Waals surface area (Å²) in [4.78, 5) is 25.8. The highest BCUT2D eigenvalue weighted by molar-refractivity contribution is 6.04. The first-order valence-electron chi connectivity index (χ1n) is 8.88. The molecule has 0 radical (unpaired) electrons. The molecule has 0 saturated heterocycles. The Labute approximate surface area is 167 Å². The smallest absolute Gasteiger partial charge is 0.274 e. The van der Waals surface area contributed by atoms with Crippen LogP contribution in [-0.2, 0) is 7.05 Å². The van der Waals surface area contributed by atoms with Crippen LogP contribution in [0.4, 0.5) is 5.69 Å². The molecule has 0 aliphatic carbocycles. The van der Waals surface area contributed by atoms with E-state index in [1.165, 1.54) is 0 Å². The third kappa shape index (κ3) is 3.96. The predicted molar refractivity (Wildman–Crippen MR) is 108 cm³/mol. The molecule has 1 N–H and O–H groups in total. The van der Waals surface area contributed by atoms with Crippen molar-refractivity contribution >= 4 is 11.6 Å². The van der Waals surface area contributed by atoms with Crippen molar-refractivity contribution in [2.24, 2.45) is 7.05 Å². The minimum atomic E-state index is -0.335. The average Bonchev–Trinajstić information content (AvgIpc) is 3.14. The zero-order valence-corrected chi connectivity index (χ0v) is 15.9. The topological polar surface area (TPSA) is 94.8 Å². The third-order valence-electron chi connectivity index (χ3n) is 4.21. The molecule has 4 rings (SSSR count). The van der Waals surface area contributed by atoms with Crippen LogP contribution in [0.15, 0.2) is 67.1 Å². The van der Waals surface area contributed by atoms with Crippen molar-refractivity contribution in [3.63, 3.8) is 0 Å². The molecular formula is C21H18N6O2. The van der Waals surface area contributed by atoms with Crippen molar-refractivity contribution in [3.8, 4) is 28.5 Å². The van der Waals surface area contributed by atoms with Crippen molar-refractivity contribution in [3.05, 3.63) is 72.8 Å². The number of aromatic nitrogens is 5. The number of amides is 1. The van der Waals surface area contributed by atoms with Crippen molar-refractivity contribution in [1.29, 1.82) is 0 Å². The van der Waals surface area contributed by atoms with Gasteiger partial charge in [0.1, 0.15) is 11.4 Å². The highest BCUT2D eigenvalue weighted by atomic mass is 16.5. The molecule has 0 atom stereocenters. The minimum absolute atomic E-state index is 0.286. The summed E-state index contributed by atoms with van der Waals surface area (Å²) in [5, 5.41) is 7.29. The first-order valence-corrected chi connectivity index (χ1v) is 8.88. The Morgan fingerprint density at radius 3 is 2.62 bits per heavy atom. The summed E-state index contributed by atoms with van der Waals surface area (Å²) < 4.78 is 6.71. The maximum absolute atomic E-state index is 12.8. The van der Waals surface area contributed by atoms with E-state index < -0.39 is 0 Å². The van der Waals surface area contributed by atoms with Crippen LogP contribution in [0.1, 0.15) is 10.5 Å². The number of carbonyl (C=O) groups excluding carboxylic acids is 1. The van der Waals surface area contributed by atoms with Gasteiger partial charge in [0, 0.05) is 37.3 Å². The number of pyridine rings is 3. The summed E-state index contributed by atoms with van der Waals surface area (Å²) in [5.41, 5.74) is 3.55. The van der Waals surface area contributed by atoms with Gasteiger partial charge in [-0.1, -0.05) is 12.1 Å². The molecule has 0 aromatic carbocycles. The highest BCUT2D eigenvalue weighted by Crippen LogP contribution is 2.25. The molecule has 4 aromatic rings. The Bertz CT molecular complexity index is 1140. The van der Waals surface area contributed by atoms with E-state index in [0.717, 1.165) is 5.56 Å². The fourth-order valence-electron chi connectivity index (χ4n) is 2.83. The molecule has 4 aromatic heterocycles. The van der Waals surface area contributed by atoms with Crippen LogP contribution in [0.3, 0.4) is 0 Å². The van der Waals surface area contributed by atoms with E-state index in [1.807, 2.05) is 30.3 Å². The molecule has 0 unspecified atom stereocenters. The van der Waals surface area contributed by atoms with Gasteiger partial charge >= 0.3 is 0 Å². The van der Waals surface area contributed by atoms with E-state index in [2.05, 4.69) is 25.4 Å². The second kappa shape index (κ2) is 7.89. The van der Waals surface area contributed by atoms with Crippen molar-refractivity contribution in [2.75, 3.05) is 12.4 Å². The number of carbonyl (C=O) groups is 1. The number of methoxy groups -OCH3 is 1. The maximum atomic E-state index is 12.8. The average molecular weight is 386 g/mol. The first kappa shape index (κ1) is 18.3.